The molecule has 0 aliphatic carbocycles. The van der Waals surface area contributed by atoms with E-state index in [0.29, 0.717) is 31.5 Å². The molecule has 5 heteroatoms. The Hall–Kier alpha value is -0.710. The van der Waals surface area contributed by atoms with Gasteiger partial charge in [-0.1, -0.05) is 17.7 Å². The average Bonchev–Trinajstić information content (AvgIpc) is 2.28. The summed E-state index contributed by atoms with van der Waals surface area (Å²) in [6.07, 6.45) is 1.03. The second kappa shape index (κ2) is 4.76. The number of aliphatic hydroxyl groups is 1. The zero-order chi connectivity index (χ0) is 13.4. The number of hydrogen-bond acceptors (Lipinski definition) is 2. The molecular weight excluding hydrogens is 260 g/mol. The molecule has 1 aliphatic rings. The molecule has 2 nitrogen and oxygen atoms in total. The molecule has 1 aromatic carbocycles. The predicted octanol–water partition coefficient (Wildman–Crippen LogP) is 3.02. The van der Waals surface area contributed by atoms with Crippen molar-refractivity contribution in [3.8, 4) is 0 Å². The average molecular weight is 276 g/mol. The summed E-state index contributed by atoms with van der Waals surface area (Å²) in [5.41, 5.74) is -0.742. The Morgan fingerprint density at radius 2 is 1.94 bits per heavy atom. The highest BCUT2D eigenvalue weighted by molar-refractivity contribution is 6.31. The van der Waals surface area contributed by atoms with Gasteiger partial charge in [-0.05, 0) is 43.6 Å². The normalized spacial score (nSPS) is 19.8. The third-order valence-corrected chi connectivity index (χ3v) is 3.74. The van der Waals surface area contributed by atoms with Gasteiger partial charge in [0.1, 0.15) is 0 Å². The summed E-state index contributed by atoms with van der Waals surface area (Å²) in [5, 5.41) is 13.7. The van der Waals surface area contributed by atoms with E-state index in [1.165, 1.54) is 12.1 Å². The van der Waals surface area contributed by atoms with Gasteiger partial charge in [-0.15, -0.1) is 0 Å². The Morgan fingerprint density at radius 1 is 1.33 bits per heavy atom. The molecule has 0 radical (unpaired) electrons. The van der Waals surface area contributed by atoms with Crippen LogP contribution in [0.3, 0.4) is 0 Å². The highest BCUT2D eigenvalue weighted by Gasteiger charge is 2.34. The maximum atomic E-state index is 13.4. The monoisotopic (exact) mass is 275 g/mol. The van der Waals surface area contributed by atoms with Crippen LogP contribution in [0.25, 0.3) is 0 Å². The highest BCUT2D eigenvalue weighted by atomic mass is 35.5. The number of hydrogen-bond donors (Lipinski definition) is 2. The molecule has 1 saturated heterocycles. The van der Waals surface area contributed by atoms with Crippen LogP contribution in [0, 0.1) is 0 Å². The number of piperidine rings is 1. The molecule has 100 valence electrons. The number of halogens is 3. The Morgan fingerprint density at radius 3 is 2.50 bits per heavy atom. The topological polar surface area (TPSA) is 32.3 Å². The fourth-order valence-corrected chi connectivity index (χ4v) is 2.56. The lowest BCUT2D eigenvalue weighted by Crippen LogP contribution is -2.39. The maximum absolute atomic E-state index is 13.4. The first kappa shape index (κ1) is 13.7. The van der Waals surface area contributed by atoms with Crippen molar-refractivity contribution in [2.75, 3.05) is 13.1 Å². The molecule has 0 amide bonds. The fourth-order valence-electron chi connectivity index (χ4n) is 2.28. The summed E-state index contributed by atoms with van der Waals surface area (Å²) >= 11 is 5.79. The third-order valence-electron chi connectivity index (χ3n) is 3.41. The molecule has 2 rings (SSSR count). The SMILES string of the molecule is CC(F)(F)c1cc(C2(O)CCNCC2)ccc1Cl. The van der Waals surface area contributed by atoms with Gasteiger partial charge in [0.25, 0.3) is 5.92 Å². The molecule has 0 atom stereocenters. The predicted molar refractivity (Wildman–Crippen MR) is 67.0 cm³/mol. The number of alkyl halides is 2. The Kier molecular flexibility index (Phi) is 3.63. The van der Waals surface area contributed by atoms with E-state index in [0.717, 1.165) is 6.92 Å². The minimum Gasteiger partial charge on any atom is -0.385 e. The van der Waals surface area contributed by atoms with Crippen LogP contribution in [0.5, 0.6) is 0 Å². The van der Waals surface area contributed by atoms with Gasteiger partial charge in [-0.2, -0.15) is 0 Å². The van der Waals surface area contributed by atoms with Crippen LogP contribution < -0.4 is 5.32 Å². The molecule has 0 saturated carbocycles. The van der Waals surface area contributed by atoms with Crippen LogP contribution in [0.1, 0.15) is 30.9 Å². The van der Waals surface area contributed by atoms with Crippen molar-refractivity contribution in [1.29, 1.82) is 0 Å². The summed E-state index contributed by atoms with van der Waals surface area (Å²) in [4.78, 5) is 0. The van der Waals surface area contributed by atoms with Crippen molar-refractivity contribution >= 4 is 11.6 Å². The zero-order valence-electron chi connectivity index (χ0n) is 10.1. The van der Waals surface area contributed by atoms with Crippen LogP contribution in [0.15, 0.2) is 18.2 Å². The summed E-state index contributed by atoms with van der Waals surface area (Å²) in [6, 6.07) is 4.39. The molecule has 0 aromatic heterocycles. The van der Waals surface area contributed by atoms with Gasteiger partial charge in [0.15, 0.2) is 0 Å². The molecule has 0 spiro atoms. The molecule has 1 heterocycles. The molecular formula is C13H16ClF2NO. The first-order chi connectivity index (χ1) is 8.33. The number of nitrogens with one attached hydrogen (secondary N) is 1. The van der Waals surface area contributed by atoms with Crippen molar-refractivity contribution < 1.29 is 13.9 Å². The van der Waals surface area contributed by atoms with Crippen LogP contribution in [0.2, 0.25) is 5.02 Å². The lowest BCUT2D eigenvalue weighted by Gasteiger charge is -2.33. The summed E-state index contributed by atoms with van der Waals surface area (Å²) in [7, 11) is 0. The van der Waals surface area contributed by atoms with E-state index >= 15 is 0 Å². The van der Waals surface area contributed by atoms with Crippen molar-refractivity contribution in [1.82, 2.24) is 5.32 Å². The van der Waals surface area contributed by atoms with Crippen molar-refractivity contribution in [2.24, 2.45) is 0 Å². The van der Waals surface area contributed by atoms with E-state index in [9.17, 15) is 13.9 Å². The van der Waals surface area contributed by atoms with Crippen LogP contribution >= 0.6 is 11.6 Å². The van der Waals surface area contributed by atoms with Gasteiger partial charge in [-0.25, -0.2) is 8.78 Å². The van der Waals surface area contributed by atoms with E-state index in [-0.39, 0.29) is 10.6 Å². The first-order valence-corrected chi connectivity index (χ1v) is 6.32. The molecule has 1 aromatic rings. The van der Waals surface area contributed by atoms with Crippen molar-refractivity contribution in [2.45, 2.75) is 31.3 Å². The standard InChI is InChI=1S/C13H16ClF2NO/c1-12(15,16)10-8-9(2-3-11(10)14)13(18)4-6-17-7-5-13/h2-3,8,17-18H,4-7H2,1H3. The number of rotatable bonds is 2. The molecule has 18 heavy (non-hydrogen) atoms. The van der Waals surface area contributed by atoms with Crippen LogP contribution in [-0.4, -0.2) is 18.2 Å². The smallest absolute Gasteiger partial charge is 0.271 e. The summed E-state index contributed by atoms with van der Waals surface area (Å²) in [5.74, 6) is -3.00. The molecule has 2 N–H and O–H groups in total. The van der Waals surface area contributed by atoms with Crippen LogP contribution in [-0.2, 0) is 11.5 Å². The quantitative estimate of drug-likeness (QED) is 0.870. The Bertz CT molecular complexity index is 439. The first-order valence-electron chi connectivity index (χ1n) is 5.94. The summed E-state index contributed by atoms with van der Waals surface area (Å²) < 4.78 is 26.8. The molecule has 1 aliphatic heterocycles. The van der Waals surface area contributed by atoms with Gasteiger partial charge < -0.3 is 10.4 Å². The van der Waals surface area contributed by atoms with Gasteiger partial charge in [0.05, 0.1) is 5.60 Å². The molecule has 0 unspecified atom stereocenters. The minimum atomic E-state index is -3.00. The van der Waals surface area contributed by atoms with Gasteiger partial charge >= 0.3 is 0 Å². The van der Waals surface area contributed by atoms with Crippen molar-refractivity contribution in [3.63, 3.8) is 0 Å². The largest absolute Gasteiger partial charge is 0.385 e. The van der Waals surface area contributed by atoms with E-state index < -0.39 is 11.5 Å². The fraction of sp³-hybridized carbons (Fsp3) is 0.538. The van der Waals surface area contributed by atoms with Gasteiger partial charge in [0, 0.05) is 17.5 Å². The van der Waals surface area contributed by atoms with E-state index in [1.54, 1.807) is 6.07 Å². The molecule has 0 bridgehead atoms. The second-order valence-electron chi connectivity index (χ2n) is 4.86. The van der Waals surface area contributed by atoms with Gasteiger partial charge in [0.2, 0.25) is 0 Å². The summed E-state index contributed by atoms with van der Waals surface area (Å²) in [6.45, 7) is 2.17. The second-order valence-corrected chi connectivity index (χ2v) is 5.27. The van der Waals surface area contributed by atoms with Crippen molar-refractivity contribution in [3.05, 3.63) is 34.3 Å². The lowest BCUT2D eigenvalue weighted by molar-refractivity contribution is 0.00302. The van der Waals surface area contributed by atoms with E-state index in [2.05, 4.69) is 5.32 Å². The third kappa shape index (κ3) is 2.66. The highest BCUT2D eigenvalue weighted by Crippen LogP contribution is 2.38. The maximum Gasteiger partial charge on any atom is 0.271 e. The number of benzene rings is 1. The zero-order valence-corrected chi connectivity index (χ0v) is 10.9. The Labute approximate surface area is 110 Å². The van der Waals surface area contributed by atoms with E-state index in [4.69, 9.17) is 11.6 Å². The Balaban J connectivity index is 2.40. The van der Waals surface area contributed by atoms with E-state index in [1.807, 2.05) is 0 Å². The molecule has 1 fully saturated rings. The minimum absolute atomic E-state index is 0.0313. The van der Waals surface area contributed by atoms with Crippen LogP contribution in [0.4, 0.5) is 8.78 Å². The van der Waals surface area contributed by atoms with Gasteiger partial charge in [-0.3, -0.25) is 0 Å². The lowest BCUT2D eigenvalue weighted by atomic mass is 9.84.